The van der Waals surface area contributed by atoms with E-state index in [1.807, 2.05) is 41.5 Å². The van der Waals surface area contributed by atoms with Crippen LogP contribution in [0, 0.1) is 28.6 Å². The molecule has 9 nitrogen and oxygen atoms in total. The van der Waals surface area contributed by atoms with Gasteiger partial charge in [0.15, 0.2) is 0 Å². The summed E-state index contributed by atoms with van der Waals surface area (Å²) in [4.78, 5) is 8.25. The first-order chi connectivity index (χ1) is 20.9. The van der Waals surface area contributed by atoms with Crippen molar-refractivity contribution in [2.45, 2.75) is 43.8 Å². The van der Waals surface area contributed by atoms with Crippen LogP contribution in [0.15, 0.2) is 78.9 Å². The van der Waals surface area contributed by atoms with Crippen molar-refractivity contribution in [2.24, 2.45) is 0 Å². The third kappa shape index (κ3) is 5.77. The van der Waals surface area contributed by atoms with E-state index < -0.39 is 12.0 Å². The number of halogens is 2. The van der Waals surface area contributed by atoms with Crippen molar-refractivity contribution in [3.05, 3.63) is 107 Å². The van der Waals surface area contributed by atoms with Crippen molar-refractivity contribution in [3.8, 4) is 12.1 Å². The molecule has 0 amide bonds. The van der Waals surface area contributed by atoms with Crippen LogP contribution in [0.25, 0.3) is 10.9 Å². The average molecular weight is 581 g/mol. The number of anilines is 2. The van der Waals surface area contributed by atoms with Crippen molar-refractivity contribution in [3.63, 3.8) is 0 Å². The number of nitriles is 2. The van der Waals surface area contributed by atoms with Gasteiger partial charge in [-0.1, -0.05) is 48.0 Å². The summed E-state index contributed by atoms with van der Waals surface area (Å²) in [5.41, 5.74) is 9.78. The molecule has 0 saturated heterocycles. The van der Waals surface area contributed by atoms with E-state index >= 15 is 0 Å². The van der Waals surface area contributed by atoms with E-state index in [0.717, 1.165) is 18.4 Å². The zero-order valence-electron chi connectivity index (χ0n) is 23.4. The normalized spacial score (nSPS) is 16.8. The predicted molar refractivity (Wildman–Crippen MR) is 159 cm³/mol. The lowest BCUT2D eigenvalue weighted by Crippen LogP contribution is -2.38. The van der Waals surface area contributed by atoms with Crippen LogP contribution in [-0.2, 0) is 0 Å². The van der Waals surface area contributed by atoms with E-state index in [0.29, 0.717) is 63.0 Å². The molecule has 2 aliphatic rings. The Labute approximate surface area is 249 Å². The number of nitrogens with one attached hydrogen (secondary N) is 4. The van der Waals surface area contributed by atoms with E-state index in [1.165, 1.54) is 24.5 Å². The van der Waals surface area contributed by atoms with Gasteiger partial charge in [-0.2, -0.15) is 14.9 Å². The summed E-state index contributed by atoms with van der Waals surface area (Å²) in [7, 11) is 0. The molecular formula is C31H27ClFN9. The molecule has 1 aliphatic carbocycles. The minimum absolute atomic E-state index is 0.262. The van der Waals surface area contributed by atoms with E-state index in [9.17, 15) is 16.3 Å². The van der Waals surface area contributed by atoms with E-state index in [-0.39, 0.29) is 6.04 Å². The first-order valence-electron chi connectivity index (χ1n) is 14.0. The smallest absolute Gasteiger partial charge is 0.212 e. The third-order valence-electron chi connectivity index (χ3n) is 7.19. The highest BCUT2D eigenvalue weighted by Crippen LogP contribution is 2.38. The van der Waals surface area contributed by atoms with Gasteiger partial charge in [-0.25, -0.2) is 4.98 Å². The number of pyridine rings is 2. The molecule has 6 rings (SSSR count). The van der Waals surface area contributed by atoms with Gasteiger partial charge in [0.2, 0.25) is 5.95 Å². The Balaban J connectivity index is 1.44. The maximum atomic E-state index is 13.8. The summed E-state index contributed by atoms with van der Waals surface area (Å²) in [6.07, 6.45) is 7.52. The summed E-state index contributed by atoms with van der Waals surface area (Å²) in [6.45, 7) is 0. The molecule has 4 N–H and O–H groups in total. The van der Waals surface area contributed by atoms with Crippen molar-refractivity contribution in [1.29, 1.82) is 10.5 Å². The highest BCUT2D eigenvalue weighted by Gasteiger charge is 2.32. The fourth-order valence-corrected chi connectivity index (χ4v) is 5.20. The topological polar surface area (TPSA) is 125 Å². The molecule has 210 valence electrons. The van der Waals surface area contributed by atoms with E-state index in [1.54, 1.807) is 12.1 Å². The predicted octanol–water partition coefficient (Wildman–Crippen LogP) is 6.23. The van der Waals surface area contributed by atoms with E-state index in [2.05, 4.69) is 43.7 Å². The summed E-state index contributed by atoms with van der Waals surface area (Å²) in [5, 5.41) is 28.9. The van der Waals surface area contributed by atoms with Crippen LogP contribution in [0.4, 0.5) is 15.8 Å². The fourth-order valence-electron chi connectivity index (χ4n) is 4.93. The molecule has 2 aromatic carbocycles. The fraction of sp³-hybridized carbons (Fsp3) is 0.226. The molecule has 1 aliphatic heterocycles. The summed E-state index contributed by atoms with van der Waals surface area (Å²) in [6, 6.07) is 18.7. The molecule has 42 heavy (non-hydrogen) atoms. The Morgan fingerprint density at radius 3 is 2.64 bits per heavy atom. The SMILES string of the molecule is [2H]C(Nc1cc(Cl)c2ncc(C#N)c(N[C@@H](CCC#N)c3ccccc3)c2c1)(C1=CN(C2CC2)NN1)c1ccc(F)nc1. The first-order valence-corrected chi connectivity index (χ1v) is 13.9. The molecule has 11 heteroatoms. The number of hydrazine groups is 2. The second-order valence-corrected chi connectivity index (χ2v) is 10.5. The Morgan fingerprint density at radius 2 is 1.93 bits per heavy atom. The molecule has 0 bridgehead atoms. The Kier molecular flexibility index (Phi) is 7.38. The van der Waals surface area contributed by atoms with Crippen LogP contribution in [0.3, 0.4) is 0 Å². The molecule has 1 fully saturated rings. The van der Waals surface area contributed by atoms with Crippen LogP contribution in [0.1, 0.15) is 55.8 Å². The maximum absolute atomic E-state index is 13.8. The summed E-state index contributed by atoms with van der Waals surface area (Å²) >= 11 is 6.76. The highest BCUT2D eigenvalue weighted by molar-refractivity contribution is 6.35. The highest BCUT2D eigenvalue weighted by atomic mass is 35.5. The van der Waals surface area contributed by atoms with Crippen molar-refractivity contribution >= 4 is 33.9 Å². The van der Waals surface area contributed by atoms with Gasteiger partial charge in [0.05, 0.1) is 47.0 Å². The van der Waals surface area contributed by atoms with Gasteiger partial charge in [-0.05, 0) is 48.6 Å². The second kappa shape index (κ2) is 11.9. The minimum Gasteiger partial charge on any atom is -0.377 e. The van der Waals surface area contributed by atoms with Crippen LogP contribution < -0.4 is 21.6 Å². The van der Waals surface area contributed by atoms with Gasteiger partial charge in [0, 0.05) is 42.1 Å². The summed E-state index contributed by atoms with van der Waals surface area (Å²) in [5.74, 6) is -0.652. The lowest BCUT2D eigenvalue weighted by Gasteiger charge is -2.23. The monoisotopic (exact) mass is 580 g/mol. The lowest BCUT2D eigenvalue weighted by molar-refractivity contribution is 0.260. The molecule has 1 saturated carbocycles. The Morgan fingerprint density at radius 1 is 1.10 bits per heavy atom. The van der Waals surface area contributed by atoms with Gasteiger partial charge < -0.3 is 16.1 Å². The third-order valence-corrected chi connectivity index (χ3v) is 7.48. The average Bonchev–Trinajstić information content (AvgIpc) is 3.75. The Bertz CT molecular complexity index is 1770. The first kappa shape index (κ1) is 26.0. The van der Waals surface area contributed by atoms with Crippen molar-refractivity contribution in [2.75, 3.05) is 10.6 Å². The molecule has 0 radical (unpaired) electrons. The molecule has 4 aromatic rings. The Hall–Kier alpha value is -4.90. The van der Waals surface area contributed by atoms with E-state index in [4.69, 9.17) is 11.6 Å². The van der Waals surface area contributed by atoms with Gasteiger partial charge in [-0.15, -0.1) is 5.53 Å². The van der Waals surface area contributed by atoms with Gasteiger partial charge in [0.1, 0.15) is 6.07 Å². The minimum atomic E-state index is -1.62. The van der Waals surface area contributed by atoms with Crippen LogP contribution >= 0.6 is 11.6 Å². The van der Waals surface area contributed by atoms with Crippen LogP contribution in [-0.4, -0.2) is 21.0 Å². The van der Waals surface area contributed by atoms with Gasteiger partial charge >= 0.3 is 0 Å². The standard InChI is InChI=1S/C31H27ClFN9/c32-25-14-22(38-30(20-8-11-28(33)36-16-20)27-18-42(41-40-27)23-9-10-23)13-24-29(21(15-35)17-37-31(24)25)39-26(7-4-12-34)19-5-2-1-3-6-19/h1-3,5-6,8,11,13-14,16-18,23,26,30,38,40-41H,4,7,9-10H2,(H,37,39)/t26-,30?/m0/s1/i30D. The maximum Gasteiger partial charge on any atom is 0.212 e. The van der Waals surface area contributed by atoms with Crippen molar-refractivity contribution in [1.82, 2.24) is 25.9 Å². The molecule has 2 aromatic heterocycles. The molecule has 2 atom stereocenters. The zero-order chi connectivity index (χ0) is 30.0. The molecule has 1 unspecified atom stereocenters. The summed E-state index contributed by atoms with van der Waals surface area (Å²) < 4.78 is 23.4. The number of aromatic nitrogens is 2. The number of hydrogen-bond acceptors (Lipinski definition) is 9. The molecule has 0 spiro atoms. The largest absolute Gasteiger partial charge is 0.377 e. The van der Waals surface area contributed by atoms with Crippen LogP contribution in [0.5, 0.6) is 0 Å². The van der Waals surface area contributed by atoms with Crippen molar-refractivity contribution < 1.29 is 5.76 Å². The molecular weight excluding hydrogens is 553 g/mol. The molecule has 3 heterocycles. The quantitative estimate of drug-likeness (QED) is 0.161. The number of benzene rings is 2. The number of nitrogens with zero attached hydrogens (tertiary/aromatic N) is 5. The van der Waals surface area contributed by atoms with Gasteiger partial charge in [0.25, 0.3) is 0 Å². The zero-order valence-corrected chi connectivity index (χ0v) is 23.2. The van der Waals surface area contributed by atoms with Gasteiger partial charge in [-0.3, -0.25) is 9.99 Å². The number of rotatable bonds is 10. The number of fused-ring (bicyclic) bond motifs is 1. The second-order valence-electron chi connectivity index (χ2n) is 10.1. The van der Waals surface area contributed by atoms with Crippen LogP contribution in [0.2, 0.25) is 5.02 Å². The lowest BCUT2D eigenvalue weighted by atomic mass is 10.00. The number of hydrogen-bond donors (Lipinski definition) is 4.